The molecule has 4 nitrogen and oxygen atoms in total. The molecule has 0 fully saturated rings. The Morgan fingerprint density at radius 3 is 2.56 bits per heavy atom. The molecule has 1 aromatic rings. The van der Waals surface area contributed by atoms with Crippen molar-refractivity contribution in [3.05, 3.63) is 17.9 Å². The van der Waals surface area contributed by atoms with E-state index < -0.39 is 12.9 Å². The zero-order valence-corrected chi connectivity index (χ0v) is 9.24. The lowest BCUT2D eigenvalue weighted by Gasteiger charge is -2.13. The highest BCUT2D eigenvalue weighted by Gasteiger charge is 2.22. The second kappa shape index (κ2) is 5.72. The molecule has 0 aliphatic rings. The van der Waals surface area contributed by atoms with Gasteiger partial charge in [-0.25, -0.2) is 4.39 Å². The second-order valence-corrected chi connectivity index (χ2v) is 3.22. The van der Waals surface area contributed by atoms with E-state index in [1.54, 1.807) is 0 Å². The van der Waals surface area contributed by atoms with Crippen molar-refractivity contribution in [3.8, 4) is 11.5 Å². The summed E-state index contributed by atoms with van der Waals surface area (Å²) in [6, 6.07) is 2.68. The zero-order chi connectivity index (χ0) is 12.1. The summed E-state index contributed by atoms with van der Waals surface area (Å²) < 4.78 is 23.9. The third-order valence-electron chi connectivity index (χ3n) is 2.04. The van der Waals surface area contributed by atoms with Crippen molar-refractivity contribution in [2.75, 3.05) is 13.7 Å². The normalized spacial score (nSPS) is 10.1. The van der Waals surface area contributed by atoms with Gasteiger partial charge in [0.15, 0.2) is 17.3 Å². The van der Waals surface area contributed by atoms with E-state index in [-0.39, 0.29) is 17.0 Å². The maximum atomic E-state index is 13.8. The largest absolute Gasteiger partial charge is 0.493 e. The first-order valence-corrected chi connectivity index (χ1v) is 4.97. The van der Waals surface area contributed by atoms with Gasteiger partial charge < -0.3 is 19.5 Å². The highest BCUT2D eigenvalue weighted by molar-refractivity contribution is 6.58. The van der Waals surface area contributed by atoms with Crippen LogP contribution in [0.2, 0.25) is 0 Å². The van der Waals surface area contributed by atoms with Gasteiger partial charge in [0.25, 0.3) is 0 Å². The summed E-state index contributed by atoms with van der Waals surface area (Å²) in [5.41, 5.74) is -0.230. The minimum absolute atomic E-state index is 0.0880. The molecule has 0 unspecified atom stereocenters. The topological polar surface area (TPSA) is 58.9 Å². The number of hydrogen-bond acceptors (Lipinski definition) is 4. The van der Waals surface area contributed by atoms with Gasteiger partial charge in [-0.2, -0.15) is 0 Å². The molecule has 6 heteroatoms. The average Bonchev–Trinajstić information content (AvgIpc) is 2.26. The number of halogens is 1. The molecule has 16 heavy (non-hydrogen) atoms. The lowest BCUT2D eigenvalue weighted by molar-refractivity contribution is 0.279. The summed E-state index contributed by atoms with van der Waals surface area (Å²) in [5, 5.41) is 17.9. The van der Waals surface area contributed by atoms with Crippen molar-refractivity contribution < 1.29 is 23.9 Å². The number of rotatable bonds is 5. The molecule has 0 saturated heterocycles. The van der Waals surface area contributed by atoms with Crippen molar-refractivity contribution in [2.45, 2.75) is 13.3 Å². The van der Waals surface area contributed by atoms with Gasteiger partial charge >= 0.3 is 7.12 Å². The van der Waals surface area contributed by atoms with Crippen LogP contribution in [0.4, 0.5) is 4.39 Å². The maximum Gasteiger partial charge on any atom is 0.491 e. The lowest BCUT2D eigenvalue weighted by Crippen LogP contribution is -2.33. The van der Waals surface area contributed by atoms with Gasteiger partial charge in [-0.3, -0.25) is 0 Å². The molecule has 0 heterocycles. The predicted octanol–water partition coefficient (Wildman–Crippen LogP) is 0.303. The summed E-state index contributed by atoms with van der Waals surface area (Å²) in [5.74, 6) is -0.659. The van der Waals surface area contributed by atoms with Crippen LogP contribution in [-0.4, -0.2) is 30.9 Å². The van der Waals surface area contributed by atoms with Gasteiger partial charge in [0.1, 0.15) is 0 Å². The quantitative estimate of drug-likeness (QED) is 0.711. The summed E-state index contributed by atoms with van der Waals surface area (Å²) in [6.07, 6.45) is 0.717. The lowest BCUT2D eigenvalue weighted by atomic mass is 9.79. The van der Waals surface area contributed by atoms with Crippen LogP contribution in [0.5, 0.6) is 11.5 Å². The van der Waals surface area contributed by atoms with Crippen molar-refractivity contribution in [2.24, 2.45) is 0 Å². The third-order valence-corrected chi connectivity index (χ3v) is 2.04. The summed E-state index contributed by atoms with van der Waals surface area (Å²) in [7, 11) is -0.474. The fraction of sp³-hybridized carbons (Fsp3) is 0.400. The Hall–Kier alpha value is -1.27. The fourth-order valence-corrected chi connectivity index (χ4v) is 1.25. The second-order valence-electron chi connectivity index (χ2n) is 3.22. The summed E-state index contributed by atoms with van der Waals surface area (Å²) in [4.78, 5) is 0. The number of ether oxygens (including phenoxy) is 2. The predicted molar refractivity (Wildman–Crippen MR) is 58.6 cm³/mol. The SMILES string of the molecule is CCCOc1c(OC)ccc(B(O)O)c1F. The van der Waals surface area contributed by atoms with Crippen LogP contribution in [0.1, 0.15) is 13.3 Å². The van der Waals surface area contributed by atoms with E-state index in [0.717, 1.165) is 0 Å². The zero-order valence-electron chi connectivity index (χ0n) is 9.24. The van der Waals surface area contributed by atoms with E-state index in [1.807, 2.05) is 6.92 Å². The molecular weight excluding hydrogens is 214 g/mol. The van der Waals surface area contributed by atoms with Gasteiger partial charge in [0.2, 0.25) is 0 Å². The van der Waals surface area contributed by atoms with Crippen LogP contribution >= 0.6 is 0 Å². The van der Waals surface area contributed by atoms with Gasteiger partial charge in [-0.05, 0) is 12.5 Å². The van der Waals surface area contributed by atoms with E-state index in [1.165, 1.54) is 19.2 Å². The summed E-state index contributed by atoms with van der Waals surface area (Å²) in [6.45, 7) is 2.22. The van der Waals surface area contributed by atoms with Crippen LogP contribution in [0.15, 0.2) is 12.1 Å². The molecule has 1 rings (SSSR count). The monoisotopic (exact) mass is 228 g/mol. The molecule has 0 aliphatic heterocycles. The Bertz CT molecular complexity index is 357. The highest BCUT2D eigenvalue weighted by Crippen LogP contribution is 2.28. The smallest absolute Gasteiger partial charge is 0.491 e. The van der Waals surface area contributed by atoms with Crippen LogP contribution in [-0.2, 0) is 0 Å². The first-order valence-electron chi connectivity index (χ1n) is 4.97. The minimum atomic E-state index is -1.87. The van der Waals surface area contributed by atoms with Crippen LogP contribution in [0.25, 0.3) is 0 Å². The molecule has 0 amide bonds. The first-order chi connectivity index (χ1) is 7.61. The molecule has 0 atom stereocenters. The van der Waals surface area contributed by atoms with E-state index in [0.29, 0.717) is 13.0 Å². The molecule has 0 radical (unpaired) electrons. The van der Waals surface area contributed by atoms with E-state index >= 15 is 0 Å². The molecule has 0 saturated carbocycles. The minimum Gasteiger partial charge on any atom is -0.493 e. The molecule has 0 bridgehead atoms. The Balaban J connectivity index is 3.12. The van der Waals surface area contributed by atoms with E-state index in [9.17, 15) is 4.39 Å². The number of benzene rings is 1. The van der Waals surface area contributed by atoms with E-state index in [4.69, 9.17) is 19.5 Å². The third kappa shape index (κ3) is 2.65. The molecular formula is C10H14BFO4. The average molecular weight is 228 g/mol. The fourth-order valence-electron chi connectivity index (χ4n) is 1.25. The molecule has 88 valence electrons. The number of methoxy groups -OCH3 is 1. The first kappa shape index (κ1) is 12.8. The van der Waals surface area contributed by atoms with Gasteiger partial charge in [-0.15, -0.1) is 0 Å². The van der Waals surface area contributed by atoms with Crippen LogP contribution in [0, 0.1) is 5.82 Å². The molecule has 0 aliphatic carbocycles. The van der Waals surface area contributed by atoms with E-state index in [2.05, 4.69) is 0 Å². The summed E-state index contributed by atoms with van der Waals surface area (Å²) >= 11 is 0. The van der Waals surface area contributed by atoms with Crippen LogP contribution in [0.3, 0.4) is 0 Å². The standard InChI is InChI=1S/C10H14BFO4/c1-3-6-16-10-8(15-2)5-4-7(9(10)12)11(13)14/h4-5,13-14H,3,6H2,1-2H3. The number of hydrogen-bond donors (Lipinski definition) is 2. The highest BCUT2D eigenvalue weighted by atomic mass is 19.1. The molecule has 0 spiro atoms. The Labute approximate surface area is 93.8 Å². The maximum absolute atomic E-state index is 13.8. The van der Waals surface area contributed by atoms with Gasteiger partial charge in [0, 0.05) is 5.46 Å². The van der Waals surface area contributed by atoms with Crippen LogP contribution < -0.4 is 14.9 Å². The van der Waals surface area contributed by atoms with Gasteiger partial charge in [-0.1, -0.05) is 13.0 Å². The van der Waals surface area contributed by atoms with Crippen molar-refractivity contribution in [1.29, 1.82) is 0 Å². The van der Waals surface area contributed by atoms with Crippen molar-refractivity contribution >= 4 is 12.6 Å². The van der Waals surface area contributed by atoms with Crippen molar-refractivity contribution in [3.63, 3.8) is 0 Å². The van der Waals surface area contributed by atoms with Gasteiger partial charge in [0.05, 0.1) is 13.7 Å². The molecule has 1 aromatic carbocycles. The molecule has 2 N–H and O–H groups in total. The van der Waals surface area contributed by atoms with Crippen molar-refractivity contribution in [1.82, 2.24) is 0 Å². The Morgan fingerprint density at radius 1 is 1.38 bits per heavy atom. The Kier molecular flexibility index (Phi) is 4.58. The Morgan fingerprint density at radius 2 is 2.06 bits per heavy atom. The molecule has 0 aromatic heterocycles.